The fraction of sp³-hybridized carbons (Fsp3) is 0.727. The molecule has 3 N–H and O–H groups in total. The zero-order valence-electron chi connectivity index (χ0n) is 11.4. The predicted molar refractivity (Wildman–Crippen MR) is 68.0 cm³/mol. The molecule has 0 aromatic carbocycles. The van der Waals surface area contributed by atoms with Gasteiger partial charge in [0.2, 0.25) is 11.8 Å². The number of hydrogen-bond acceptors (Lipinski definition) is 4. The van der Waals surface area contributed by atoms with Gasteiger partial charge in [0, 0.05) is 13.1 Å². The van der Waals surface area contributed by atoms with E-state index >= 15 is 0 Å². The van der Waals surface area contributed by atoms with Crippen LogP contribution in [0.1, 0.15) is 20.8 Å². The third kappa shape index (κ3) is 7.61. The molecule has 0 unspecified atom stereocenters. The van der Waals surface area contributed by atoms with Crippen LogP contribution in [-0.4, -0.2) is 55.5 Å². The van der Waals surface area contributed by atoms with Gasteiger partial charge in [0.05, 0.1) is 13.1 Å². The normalized spacial score (nSPS) is 10.3. The van der Waals surface area contributed by atoms with E-state index in [0.29, 0.717) is 6.54 Å². The Morgan fingerprint density at radius 3 is 2.11 bits per heavy atom. The maximum atomic E-state index is 11.5. The SMILES string of the molecule is CCN(CC(=O)NC(=O)NC)CC(=O)NC(C)C. The van der Waals surface area contributed by atoms with Gasteiger partial charge in [0.15, 0.2) is 0 Å². The van der Waals surface area contributed by atoms with Crippen molar-refractivity contribution in [1.82, 2.24) is 20.9 Å². The monoisotopic (exact) mass is 258 g/mol. The Hall–Kier alpha value is -1.63. The first-order valence-corrected chi connectivity index (χ1v) is 5.92. The summed E-state index contributed by atoms with van der Waals surface area (Å²) in [6, 6.07) is -0.487. The van der Waals surface area contributed by atoms with Crippen LogP contribution in [0.4, 0.5) is 4.79 Å². The number of likely N-dealkylation sites (N-methyl/N-ethyl adjacent to an activating group) is 1. The highest BCUT2D eigenvalue weighted by Crippen LogP contribution is 1.89. The first-order valence-electron chi connectivity index (χ1n) is 5.92. The van der Waals surface area contributed by atoms with E-state index in [2.05, 4.69) is 16.0 Å². The van der Waals surface area contributed by atoms with Crippen LogP contribution >= 0.6 is 0 Å². The molecule has 0 bridgehead atoms. The van der Waals surface area contributed by atoms with E-state index in [4.69, 9.17) is 0 Å². The molecular formula is C11H22N4O3. The Balaban J connectivity index is 4.14. The van der Waals surface area contributed by atoms with Gasteiger partial charge in [-0.3, -0.25) is 19.8 Å². The summed E-state index contributed by atoms with van der Waals surface area (Å²) in [6.45, 7) is 6.27. The molecule has 0 atom stereocenters. The van der Waals surface area contributed by atoms with Gasteiger partial charge < -0.3 is 10.6 Å². The highest BCUT2D eigenvalue weighted by molar-refractivity contribution is 5.95. The van der Waals surface area contributed by atoms with Crippen LogP contribution < -0.4 is 16.0 Å². The molecule has 0 aliphatic heterocycles. The van der Waals surface area contributed by atoms with Gasteiger partial charge >= 0.3 is 6.03 Å². The second-order valence-electron chi connectivity index (χ2n) is 4.15. The van der Waals surface area contributed by atoms with Crippen molar-refractivity contribution in [2.45, 2.75) is 26.8 Å². The molecule has 4 amide bonds. The lowest BCUT2D eigenvalue weighted by Gasteiger charge is -2.19. The molecule has 0 heterocycles. The van der Waals surface area contributed by atoms with E-state index in [1.165, 1.54) is 7.05 Å². The average molecular weight is 258 g/mol. The summed E-state index contributed by atoms with van der Waals surface area (Å²) < 4.78 is 0. The molecule has 0 rings (SSSR count). The number of carbonyl (C=O) groups excluding carboxylic acids is 3. The minimum Gasteiger partial charge on any atom is -0.353 e. The molecule has 7 nitrogen and oxygen atoms in total. The molecule has 0 aliphatic rings. The fourth-order valence-corrected chi connectivity index (χ4v) is 1.28. The summed E-state index contributed by atoms with van der Waals surface area (Å²) in [5.41, 5.74) is 0. The highest BCUT2D eigenvalue weighted by atomic mass is 16.2. The smallest absolute Gasteiger partial charge is 0.321 e. The van der Waals surface area contributed by atoms with E-state index in [9.17, 15) is 14.4 Å². The van der Waals surface area contributed by atoms with E-state index in [1.807, 2.05) is 20.8 Å². The van der Waals surface area contributed by atoms with Crippen LogP contribution in [0.5, 0.6) is 0 Å². The maximum Gasteiger partial charge on any atom is 0.321 e. The second-order valence-corrected chi connectivity index (χ2v) is 4.15. The molecule has 18 heavy (non-hydrogen) atoms. The fourth-order valence-electron chi connectivity index (χ4n) is 1.28. The summed E-state index contributed by atoms with van der Waals surface area (Å²) in [6.07, 6.45) is 0. The Kier molecular flexibility index (Phi) is 7.69. The van der Waals surface area contributed by atoms with E-state index in [1.54, 1.807) is 4.90 Å². The minimum absolute atomic E-state index is 0.00936. The summed E-state index contributed by atoms with van der Waals surface area (Å²) in [5.74, 6) is -0.576. The quantitative estimate of drug-likeness (QED) is 0.587. The van der Waals surface area contributed by atoms with Crippen LogP contribution in [0.15, 0.2) is 0 Å². The molecule has 0 fully saturated rings. The van der Waals surface area contributed by atoms with Crippen LogP contribution in [0.3, 0.4) is 0 Å². The molecule has 0 saturated carbocycles. The Labute approximate surface area is 107 Å². The standard InChI is InChI=1S/C11H22N4O3/c1-5-15(6-9(16)13-8(2)3)7-10(17)14-11(18)12-4/h8H,5-7H2,1-4H3,(H,13,16)(H2,12,14,17,18). The largest absolute Gasteiger partial charge is 0.353 e. The van der Waals surface area contributed by atoms with Crippen LogP contribution in [0, 0.1) is 0 Å². The van der Waals surface area contributed by atoms with Gasteiger partial charge in [-0.2, -0.15) is 0 Å². The number of urea groups is 1. The summed E-state index contributed by atoms with van der Waals surface area (Å²) in [7, 11) is 1.43. The number of carbonyl (C=O) groups is 3. The second kappa shape index (κ2) is 8.46. The van der Waals surface area contributed by atoms with Crippen LogP contribution in [0.25, 0.3) is 0 Å². The van der Waals surface area contributed by atoms with Gasteiger partial charge in [0.1, 0.15) is 0 Å². The molecule has 7 heteroatoms. The van der Waals surface area contributed by atoms with Crippen LogP contribution in [0.2, 0.25) is 0 Å². The van der Waals surface area contributed by atoms with Crippen molar-refractivity contribution in [1.29, 1.82) is 0 Å². The van der Waals surface area contributed by atoms with Gasteiger partial charge in [0.25, 0.3) is 0 Å². The topological polar surface area (TPSA) is 90.5 Å². The lowest BCUT2D eigenvalue weighted by molar-refractivity contribution is -0.124. The number of amides is 4. The zero-order valence-corrected chi connectivity index (χ0v) is 11.4. The number of nitrogens with one attached hydrogen (secondary N) is 3. The predicted octanol–water partition coefficient (Wildman–Crippen LogP) is -0.711. The molecule has 0 saturated heterocycles. The van der Waals surface area contributed by atoms with Crippen molar-refractivity contribution in [2.75, 3.05) is 26.7 Å². The highest BCUT2D eigenvalue weighted by Gasteiger charge is 2.14. The molecule has 0 aromatic rings. The summed E-state index contributed by atoms with van der Waals surface area (Å²) in [4.78, 5) is 35.5. The van der Waals surface area contributed by atoms with Crippen LogP contribution in [-0.2, 0) is 9.59 Å². The number of imide groups is 1. The average Bonchev–Trinajstić information content (AvgIpc) is 2.26. The van der Waals surface area contributed by atoms with E-state index in [-0.39, 0.29) is 25.0 Å². The van der Waals surface area contributed by atoms with Gasteiger partial charge in [-0.15, -0.1) is 0 Å². The molecule has 0 spiro atoms. The Morgan fingerprint density at radius 2 is 1.67 bits per heavy atom. The minimum atomic E-state index is -0.553. The maximum absolute atomic E-state index is 11.5. The van der Waals surface area contributed by atoms with E-state index in [0.717, 1.165) is 0 Å². The zero-order chi connectivity index (χ0) is 14.1. The summed E-state index contributed by atoms with van der Waals surface area (Å²) >= 11 is 0. The van der Waals surface area contributed by atoms with Gasteiger partial charge in [-0.1, -0.05) is 6.92 Å². The van der Waals surface area contributed by atoms with Crippen molar-refractivity contribution >= 4 is 17.8 Å². The number of hydrogen-bond donors (Lipinski definition) is 3. The van der Waals surface area contributed by atoms with Gasteiger partial charge in [-0.25, -0.2) is 4.79 Å². The van der Waals surface area contributed by atoms with Crippen molar-refractivity contribution in [3.05, 3.63) is 0 Å². The van der Waals surface area contributed by atoms with Gasteiger partial charge in [-0.05, 0) is 20.4 Å². The van der Waals surface area contributed by atoms with Crippen molar-refractivity contribution < 1.29 is 14.4 Å². The third-order valence-electron chi connectivity index (χ3n) is 2.11. The van der Waals surface area contributed by atoms with Crippen molar-refractivity contribution in [2.24, 2.45) is 0 Å². The molecule has 0 aromatic heterocycles. The molecule has 0 aliphatic carbocycles. The Bertz CT molecular complexity index is 305. The lowest BCUT2D eigenvalue weighted by Crippen LogP contribution is -2.46. The number of rotatable bonds is 6. The van der Waals surface area contributed by atoms with Crippen molar-refractivity contribution in [3.8, 4) is 0 Å². The third-order valence-corrected chi connectivity index (χ3v) is 2.11. The van der Waals surface area contributed by atoms with Crippen molar-refractivity contribution in [3.63, 3.8) is 0 Å². The van der Waals surface area contributed by atoms with E-state index < -0.39 is 11.9 Å². The molecular weight excluding hydrogens is 236 g/mol. The molecule has 0 radical (unpaired) electrons. The summed E-state index contributed by atoms with van der Waals surface area (Å²) in [5, 5.41) is 7.17. The first kappa shape index (κ1) is 16.4. The lowest BCUT2D eigenvalue weighted by atomic mass is 10.3. The molecule has 104 valence electrons. The number of nitrogens with zero attached hydrogens (tertiary/aromatic N) is 1. The first-order chi connectivity index (χ1) is 8.38. The Morgan fingerprint density at radius 1 is 1.11 bits per heavy atom.